The van der Waals surface area contributed by atoms with Crippen LogP contribution in [0.4, 0.5) is 0 Å². The van der Waals surface area contributed by atoms with Gasteiger partial charge in [-0.1, -0.05) is 72.8 Å². The molecule has 0 aliphatic rings. The molecule has 4 aromatic rings. The van der Waals surface area contributed by atoms with Crippen molar-refractivity contribution in [3.8, 4) is 32.1 Å². The van der Waals surface area contributed by atoms with Crippen LogP contribution >= 0.6 is 11.3 Å². The lowest BCUT2D eigenvalue weighted by Crippen LogP contribution is -1.88. The van der Waals surface area contributed by atoms with E-state index >= 15 is 0 Å². The number of thiazole rings is 1. The second-order valence-electron chi connectivity index (χ2n) is 6.25. The van der Waals surface area contributed by atoms with Crippen LogP contribution in [0, 0.1) is 13.8 Å². The highest BCUT2D eigenvalue weighted by atomic mass is 32.1. The minimum Gasteiger partial charge on any atom is -0.244 e. The van der Waals surface area contributed by atoms with Gasteiger partial charge < -0.3 is 0 Å². The van der Waals surface area contributed by atoms with Crippen molar-refractivity contribution < 1.29 is 0 Å². The quantitative estimate of drug-likeness (QED) is 0.401. The van der Waals surface area contributed by atoms with E-state index in [9.17, 15) is 0 Å². The van der Waals surface area contributed by atoms with Crippen LogP contribution in [0.3, 0.4) is 0 Å². The summed E-state index contributed by atoms with van der Waals surface area (Å²) in [4.78, 5) is 5.87. The first kappa shape index (κ1) is 15.8. The summed E-state index contributed by atoms with van der Waals surface area (Å²) in [6.07, 6.45) is 2.00. The maximum Gasteiger partial charge on any atom is 0.123 e. The first-order valence-electron chi connectivity index (χ1n) is 8.40. The molecule has 0 spiro atoms. The van der Waals surface area contributed by atoms with E-state index in [0.717, 1.165) is 5.01 Å². The van der Waals surface area contributed by atoms with Crippen LogP contribution in [0.5, 0.6) is 0 Å². The van der Waals surface area contributed by atoms with Crippen LogP contribution in [0.15, 0.2) is 79.0 Å². The standard InChI is InChI=1S/C23H19NS/c1-16-13-20(18-9-5-3-6-10-18)14-17(2)22(16)21-15-24-23(25-21)19-11-7-4-8-12-19/h3-15H,1-2H3. The molecule has 3 aromatic carbocycles. The fraction of sp³-hybridized carbons (Fsp3) is 0.0870. The van der Waals surface area contributed by atoms with E-state index in [0.29, 0.717) is 0 Å². The lowest BCUT2D eigenvalue weighted by Gasteiger charge is -2.11. The molecule has 0 saturated carbocycles. The Bertz CT molecular complexity index is 978. The molecule has 2 heteroatoms. The molecule has 0 radical (unpaired) electrons. The van der Waals surface area contributed by atoms with Crippen molar-refractivity contribution in [3.63, 3.8) is 0 Å². The maximum atomic E-state index is 4.64. The summed E-state index contributed by atoms with van der Waals surface area (Å²) in [7, 11) is 0. The van der Waals surface area contributed by atoms with Crippen LogP contribution in [0.2, 0.25) is 0 Å². The van der Waals surface area contributed by atoms with E-state index in [1.807, 2.05) is 12.3 Å². The lowest BCUT2D eigenvalue weighted by molar-refractivity contribution is 1.37. The Kier molecular flexibility index (Phi) is 4.21. The minimum absolute atomic E-state index is 1.07. The number of hydrogen-bond acceptors (Lipinski definition) is 2. The largest absolute Gasteiger partial charge is 0.244 e. The summed E-state index contributed by atoms with van der Waals surface area (Å²) in [6, 6.07) is 25.5. The van der Waals surface area contributed by atoms with E-state index in [1.54, 1.807) is 11.3 Å². The zero-order valence-electron chi connectivity index (χ0n) is 14.4. The number of aromatic nitrogens is 1. The molecule has 0 aliphatic heterocycles. The Morgan fingerprint density at radius 2 is 1.24 bits per heavy atom. The molecule has 0 atom stereocenters. The van der Waals surface area contributed by atoms with Gasteiger partial charge in [0.25, 0.3) is 0 Å². The predicted molar refractivity (Wildman–Crippen MR) is 108 cm³/mol. The van der Waals surface area contributed by atoms with Crippen molar-refractivity contribution in [2.75, 3.05) is 0 Å². The van der Waals surface area contributed by atoms with Crippen LogP contribution in [0.1, 0.15) is 11.1 Å². The smallest absolute Gasteiger partial charge is 0.123 e. The highest BCUT2D eigenvalue weighted by Gasteiger charge is 2.12. The highest BCUT2D eigenvalue weighted by molar-refractivity contribution is 7.18. The molecule has 0 bridgehead atoms. The van der Waals surface area contributed by atoms with E-state index < -0.39 is 0 Å². The zero-order chi connectivity index (χ0) is 17.2. The van der Waals surface area contributed by atoms with Crippen LogP contribution in [0.25, 0.3) is 32.1 Å². The van der Waals surface area contributed by atoms with Crippen molar-refractivity contribution >= 4 is 11.3 Å². The third kappa shape index (κ3) is 3.13. The van der Waals surface area contributed by atoms with Crippen molar-refractivity contribution in [3.05, 3.63) is 90.1 Å². The molecule has 1 nitrogen and oxygen atoms in total. The van der Waals surface area contributed by atoms with Crippen molar-refractivity contribution in [2.45, 2.75) is 13.8 Å². The number of benzene rings is 3. The molecule has 0 saturated heterocycles. The summed E-state index contributed by atoms with van der Waals surface area (Å²) in [6.45, 7) is 4.38. The van der Waals surface area contributed by atoms with Crippen LogP contribution in [-0.2, 0) is 0 Å². The van der Waals surface area contributed by atoms with Gasteiger partial charge in [-0.05, 0) is 41.7 Å². The van der Waals surface area contributed by atoms with Gasteiger partial charge in [-0.25, -0.2) is 4.98 Å². The number of hydrogen-bond donors (Lipinski definition) is 0. The molecule has 0 aliphatic carbocycles. The van der Waals surface area contributed by atoms with Gasteiger partial charge in [0.1, 0.15) is 5.01 Å². The van der Waals surface area contributed by atoms with Gasteiger partial charge in [-0.2, -0.15) is 0 Å². The molecule has 0 N–H and O–H groups in total. The third-order valence-electron chi connectivity index (χ3n) is 4.41. The lowest BCUT2D eigenvalue weighted by atomic mass is 9.95. The highest BCUT2D eigenvalue weighted by Crippen LogP contribution is 2.37. The van der Waals surface area contributed by atoms with Gasteiger partial charge in [-0.15, -0.1) is 11.3 Å². The molecule has 1 heterocycles. The van der Waals surface area contributed by atoms with Crippen molar-refractivity contribution in [1.82, 2.24) is 4.98 Å². The van der Waals surface area contributed by atoms with E-state index in [2.05, 4.69) is 85.6 Å². The number of aryl methyl sites for hydroxylation is 2. The van der Waals surface area contributed by atoms with Crippen molar-refractivity contribution in [2.24, 2.45) is 0 Å². The average molecular weight is 341 g/mol. The van der Waals surface area contributed by atoms with Crippen molar-refractivity contribution in [1.29, 1.82) is 0 Å². The normalized spacial score (nSPS) is 10.8. The predicted octanol–water partition coefficient (Wildman–Crippen LogP) is 6.76. The monoisotopic (exact) mass is 341 g/mol. The molecule has 0 amide bonds. The minimum atomic E-state index is 1.07. The van der Waals surface area contributed by atoms with E-state index in [1.165, 1.54) is 38.3 Å². The van der Waals surface area contributed by atoms with Gasteiger partial charge in [0.2, 0.25) is 0 Å². The van der Waals surface area contributed by atoms with Gasteiger partial charge in [0, 0.05) is 11.8 Å². The van der Waals surface area contributed by atoms with Gasteiger partial charge in [0.15, 0.2) is 0 Å². The number of rotatable bonds is 3. The van der Waals surface area contributed by atoms with E-state index in [4.69, 9.17) is 0 Å². The summed E-state index contributed by atoms with van der Waals surface area (Å²) >= 11 is 1.76. The Labute approximate surface area is 152 Å². The Hall–Kier alpha value is -2.71. The fourth-order valence-corrected chi connectivity index (χ4v) is 4.35. The Morgan fingerprint density at radius 3 is 1.84 bits per heavy atom. The SMILES string of the molecule is Cc1cc(-c2ccccc2)cc(C)c1-c1cnc(-c2ccccc2)s1. The first-order valence-corrected chi connectivity index (χ1v) is 9.22. The molecule has 25 heavy (non-hydrogen) atoms. The average Bonchev–Trinajstić information content (AvgIpc) is 3.12. The molecule has 1 aromatic heterocycles. The topological polar surface area (TPSA) is 12.9 Å². The Morgan fingerprint density at radius 1 is 0.680 bits per heavy atom. The number of nitrogens with zero attached hydrogens (tertiary/aromatic N) is 1. The third-order valence-corrected chi connectivity index (χ3v) is 5.48. The summed E-state index contributed by atoms with van der Waals surface area (Å²) in [5, 5.41) is 1.07. The molecule has 0 fully saturated rings. The van der Waals surface area contributed by atoms with Crippen LogP contribution < -0.4 is 0 Å². The first-order chi connectivity index (χ1) is 12.2. The molecular formula is C23H19NS. The fourth-order valence-electron chi connectivity index (χ4n) is 3.25. The molecule has 4 rings (SSSR count). The maximum absolute atomic E-state index is 4.64. The zero-order valence-corrected chi connectivity index (χ0v) is 15.2. The van der Waals surface area contributed by atoms with Gasteiger partial charge >= 0.3 is 0 Å². The van der Waals surface area contributed by atoms with Gasteiger partial charge in [-0.3, -0.25) is 0 Å². The second-order valence-corrected chi connectivity index (χ2v) is 7.28. The molecular weight excluding hydrogens is 322 g/mol. The molecule has 122 valence electrons. The second kappa shape index (κ2) is 6.66. The summed E-state index contributed by atoms with van der Waals surface area (Å²) in [5.74, 6) is 0. The molecule has 0 unspecified atom stereocenters. The summed E-state index contributed by atoms with van der Waals surface area (Å²) in [5.41, 5.74) is 7.60. The Balaban J connectivity index is 1.76. The van der Waals surface area contributed by atoms with Gasteiger partial charge in [0.05, 0.1) is 4.88 Å². The summed E-state index contributed by atoms with van der Waals surface area (Å²) < 4.78 is 0. The van der Waals surface area contributed by atoms with E-state index in [-0.39, 0.29) is 0 Å². The van der Waals surface area contributed by atoms with Crippen LogP contribution in [-0.4, -0.2) is 4.98 Å².